The Balaban J connectivity index is 2.41. The first kappa shape index (κ1) is 12.5. The van der Waals surface area contributed by atoms with Crippen molar-refractivity contribution >= 4 is 26.7 Å². The van der Waals surface area contributed by atoms with Crippen LogP contribution in [0, 0.1) is 0 Å². The van der Waals surface area contributed by atoms with E-state index in [2.05, 4.69) is 4.98 Å². The fraction of sp³-hybridized carbons (Fsp3) is 0.167. The maximum Gasteiger partial charge on any atom is 0.318 e. The molecule has 0 aliphatic rings. The second-order valence-electron chi connectivity index (χ2n) is 3.92. The fourth-order valence-corrected chi connectivity index (χ4v) is 2.95. The van der Waals surface area contributed by atoms with Crippen LogP contribution in [0.1, 0.15) is 5.56 Å². The van der Waals surface area contributed by atoms with E-state index < -0.39 is 21.6 Å². The molecule has 1 heterocycles. The van der Waals surface area contributed by atoms with E-state index >= 15 is 0 Å². The number of carboxylic acid groups (broad SMARTS) is 1. The zero-order valence-electron chi connectivity index (χ0n) is 9.41. The Morgan fingerprint density at radius 2 is 1.94 bits per heavy atom. The summed E-state index contributed by atoms with van der Waals surface area (Å²) < 4.78 is 23.3. The predicted molar refractivity (Wildman–Crippen MR) is 66.9 cm³/mol. The minimum atomic E-state index is -3.66. The molecule has 0 fully saturated rings. The van der Waals surface area contributed by atoms with Crippen LogP contribution < -0.4 is 0 Å². The van der Waals surface area contributed by atoms with Gasteiger partial charge in [0.15, 0.2) is 9.84 Å². The highest BCUT2D eigenvalue weighted by Gasteiger charge is 2.18. The molecule has 0 unspecified atom stereocenters. The summed E-state index contributed by atoms with van der Waals surface area (Å²) in [7, 11) is -3.66. The van der Waals surface area contributed by atoms with Crippen molar-refractivity contribution in [3.8, 4) is 0 Å². The van der Waals surface area contributed by atoms with Crippen molar-refractivity contribution < 1.29 is 18.3 Å². The van der Waals surface area contributed by atoms with Crippen LogP contribution in [0.15, 0.2) is 36.5 Å². The van der Waals surface area contributed by atoms with Gasteiger partial charge in [-0.3, -0.25) is 9.78 Å². The lowest BCUT2D eigenvalue weighted by Crippen LogP contribution is -2.17. The molecule has 0 aliphatic carbocycles. The number of para-hydroxylation sites is 1. The molecule has 2 aromatic rings. The summed E-state index contributed by atoms with van der Waals surface area (Å²) >= 11 is 0. The molecule has 0 saturated heterocycles. The number of fused-ring (bicyclic) bond motifs is 1. The average molecular weight is 265 g/mol. The first-order valence-electron chi connectivity index (χ1n) is 5.23. The lowest BCUT2D eigenvalue weighted by Gasteiger charge is -2.05. The van der Waals surface area contributed by atoms with Crippen LogP contribution in [0.4, 0.5) is 0 Å². The van der Waals surface area contributed by atoms with Gasteiger partial charge in [-0.2, -0.15) is 0 Å². The number of aliphatic carboxylic acids is 1. The Hall–Kier alpha value is -1.95. The minimum Gasteiger partial charge on any atom is -0.480 e. The molecule has 0 atom stereocenters. The Morgan fingerprint density at radius 3 is 2.67 bits per heavy atom. The zero-order valence-corrected chi connectivity index (χ0v) is 10.2. The SMILES string of the molecule is O=C(O)CS(=O)(=O)Cc1cccc2cccnc12. The number of pyridine rings is 1. The lowest BCUT2D eigenvalue weighted by molar-refractivity contribution is -0.134. The molecule has 0 aliphatic heterocycles. The number of carboxylic acids is 1. The summed E-state index contributed by atoms with van der Waals surface area (Å²) in [6.45, 7) is 0. The Labute approximate surface area is 104 Å². The second-order valence-corrected chi connectivity index (χ2v) is 5.98. The highest BCUT2D eigenvalue weighted by molar-refractivity contribution is 7.91. The first-order valence-corrected chi connectivity index (χ1v) is 7.05. The van der Waals surface area contributed by atoms with E-state index in [-0.39, 0.29) is 5.75 Å². The number of aromatic nitrogens is 1. The van der Waals surface area contributed by atoms with E-state index in [0.29, 0.717) is 11.1 Å². The summed E-state index contributed by atoms with van der Waals surface area (Å²) in [5.41, 5.74) is 1.11. The van der Waals surface area contributed by atoms with Gasteiger partial charge < -0.3 is 5.11 Å². The van der Waals surface area contributed by atoms with Gasteiger partial charge in [-0.15, -0.1) is 0 Å². The maximum atomic E-state index is 11.6. The summed E-state index contributed by atoms with van der Waals surface area (Å²) in [6.07, 6.45) is 1.58. The lowest BCUT2D eigenvalue weighted by atomic mass is 10.1. The molecule has 6 heteroatoms. The minimum absolute atomic E-state index is 0.312. The van der Waals surface area contributed by atoms with E-state index in [1.807, 2.05) is 12.1 Å². The monoisotopic (exact) mass is 265 g/mol. The van der Waals surface area contributed by atoms with Gasteiger partial charge in [0.25, 0.3) is 0 Å². The molecule has 0 bridgehead atoms. The standard InChI is InChI=1S/C12H11NO4S/c14-11(15)8-18(16,17)7-10-4-1-3-9-5-2-6-13-12(9)10/h1-6H,7-8H2,(H,14,15). The molecule has 0 amide bonds. The molecule has 2 rings (SSSR count). The Bertz CT molecular complexity index is 689. The molecule has 18 heavy (non-hydrogen) atoms. The van der Waals surface area contributed by atoms with Crippen molar-refractivity contribution in [2.45, 2.75) is 5.75 Å². The molecule has 1 N–H and O–H groups in total. The van der Waals surface area contributed by atoms with E-state index in [0.717, 1.165) is 5.39 Å². The Morgan fingerprint density at radius 1 is 1.22 bits per heavy atom. The molecule has 0 saturated carbocycles. The van der Waals surface area contributed by atoms with Gasteiger partial charge in [0, 0.05) is 11.6 Å². The normalized spacial score (nSPS) is 11.6. The number of benzene rings is 1. The van der Waals surface area contributed by atoms with E-state index in [1.165, 1.54) is 0 Å². The highest BCUT2D eigenvalue weighted by atomic mass is 32.2. The molecule has 94 valence electrons. The van der Waals surface area contributed by atoms with Crippen LogP contribution in [-0.4, -0.2) is 30.2 Å². The molecule has 1 aromatic heterocycles. The van der Waals surface area contributed by atoms with Gasteiger partial charge in [0.05, 0.1) is 11.3 Å². The van der Waals surface area contributed by atoms with Crippen LogP contribution in [0.2, 0.25) is 0 Å². The van der Waals surface area contributed by atoms with Crippen molar-refractivity contribution in [1.82, 2.24) is 4.98 Å². The van der Waals surface area contributed by atoms with Crippen LogP contribution in [0.5, 0.6) is 0 Å². The van der Waals surface area contributed by atoms with Crippen LogP contribution in [0.3, 0.4) is 0 Å². The number of rotatable bonds is 4. The summed E-state index contributed by atoms with van der Waals surface area (Å²) in [5, 5.41) is 9.38. The third kappa shape index (κ3) is 2.84. The number of sulfone groups is 1. The van der Waals surface area contributed by atoms with Gasteiger partial charge >= 0.3 is 5.97 Å². The number of nitrogens with zero attached hydrogens (tertiary/aromatic N) is 1. The number of carbonyl (C=O) groups is 1. The molecule has 5 nitrogen and oxygen atoms in total. The van der Waals surface area contributed by atoms with Crippen molar-refractivity contribution in [3.63, 3.8) is 0 Å². The quantitative estimate of drug-likeness (QED) is 0.898. The molecule has 0 spiro atoms. The Kier molecular flexibility index (Phi) is 3.29. The summed E-state index contributed by atoms with van der Waals surface area (Å²) in [4.78, 5) is 14.6. The maximum absolute atomic E-state index is 11.6. The highest BCUT2D eigenvalue weighted by Crippen LogP contribution is 2.18. The average Bonchev–Trinajstić information content (AvgIpc) is 2.27. The summed E-state index contributed by atoms with van der Waals surface area (Å²) in [5.74, 6) is -2.52. The second kappa shape index (κ2) is 4.73. The van der Waals surface area contributed by atoms with Crippen molar-refractivity contribution in [1.29, 1.82) is 0 Å². The van der Waals surface area contributed by atoms with Crippen LogP contribution in [0.25, 0.3) is 10.9 Å². The first-order chi connectivity index (χ1) is 8.48. The van der Waals surface area contributed by atoms with Crippen LogP contribution in [-0.2, 0) is 20.4 Å². The number of hydrogen-bond acceptors (Lipinski definition) is 4. The van der Waals surface area contributed by atoms with E-state index in [1.54, 1.807) is 24.4 Å². The smallest absolute Gasteiger partial charge is 0.318 e. The van der Waals surface area contributed by atoms with Gasteiger partial charge in [-0.1, -0.05) is 24.3 Å². The molecular weight excluding hydrogens is 254 g/mol. The molecular formula is C12H11NO4S. The topological polar surface area (TPSA) is 84.3 Å². The van der Waals surface area contributed by atoms with Gasteiger partial charge in [0.1, 0.15) is 5.75 Å². The third-order valence-corrected chi connectivity index (χ3v) is 3.87. The third-order valence-electron chi connectivity index (χ3n) is 2.44. The van der Waals surface area contributed by atoms with Gasteiger partial charge in [-0.05, 0) is 11.6 Å². The van der Waals surface area contributed by atoms with Crippen molar-refractivity contribution in [2.24, 2.45) is 0 Å². The fourth-order valence-electron chi connectivity index (χ4n) is 1.76. The predicted octanol–water partition coefficient (Wildman–Crippen LogP) is 1.23. The van der Waals surface area contributed by atoms with Crippen molar-refractivity contribution in [2.75, 3.05) is 5.75 Å². The number of hydrogen-bond donors (Lipinski definition) is 1. The van der Waals surface area contributed by atoms with Gasteiger partial charge in [-0.25, -0.2) is 8.42 Å². The van der Waals surface area contributed by atoms with Crippen LogP contribution >= 0.6 is 0 Å². The molecule has 1 aromatic carbocycles. The van der Waals surface area contributed by atoms with Gasteiger partial charge in [0.2, 0.25) is 0 Å². The van der Waals surface area contributed by atoms with Crippen molar-refractivity contribution in [3.05, 3.63) is 42.1 Å². The summed E-state index contributed by atoms with van der Waals surface area (Å²) in [6, 6.07) is 8.80. The van der Waals surface area contributed by atoms with E-state index in [4.69, 9.17) is 5.11 Å². The largest absolute Gasteiger partial charge is 0.480 e. The van der Waals surface area contributed by atoms with E-state index in [9.17, 15) is 13.2 Å². The zero-order chi connectivity index (χ0) is 13.2. The molecule has 0 radical (unpaired) electrons.